The number of hydrogen-bond donors (Lipinski definition) is 1. The second-order valence-electron chi connectivity index (χ2n) is 8.69. The van der Waals surface area contributed by atoms with Gasteiger partial charge in [0.1, 0.15) is 11.6 Å². The average molecular weight is 592 g/mol. The molecule has 2 amide bonds. The zero-order chi connectivity index (χ0) is 28.8. The summed E-state index contributed by atoms with van der Waals surface area (Å²) in [5.74, 6) is -0.0458. The van der Waals surface area contributed by atoms with Crippen molar-refractivity contribution in [1.82, 2.24) is 4.90 Å². The second-order valence-corrected chi connectivity index (χ2v) is 10.1. The summed E-state index contributed by atoms with van der Waals surface area (Å²) in [6, 6.07) is 21.5. The highest BCUT2D eigenvalue weighted by molar-refractivity contribution is 8.18. The number of anilines is 1. The number of carbonyl (C=O) groups excluding carboxylic acids is 2. The molecule has 4 aromatic rings. The average Bonchev–Trinajstić information content (AvgIpc) is 3.58. The van der Waals surface area contributed by atoms with E-state index in [0.29, 0.717) is 32.8 Å². The fourth-order valence-electron chi connectivity index (χ4n) is 3.88. The van der Waals surface area contributed by atoms with Crippen LogP contribution in [0.25, 0.3) is 6.08 Å². The van der Waals surface area contributed by atoms with E-state index in [0.717, 1.165) is 0 Å². The van der Waals surface area contributed by atoms with E-state index < -0.39 is 11.7 Å². The largest absolute Gasteiger partial charge is 0.493 e. The quantitative estimate of drug-likeness (QED) is 0.213. The summed E-state index contributed by atoms with van der Waals surface area (Å²) in [5.41, 5.74) is 1.72. The Labute approximate surface area is 244 Å². The molecule has 41 heavy (non-hydrogen) atoms. The van der Waals surface area contributed by atoms with Gasteiger partial charge >= 0.3 is 0 Å². The lowest BCUT2D eigenvalue weighted by molar-refractivity contribution is -0.122. The highest BCUT2D eigenvalue weighted by atomic mass is 35.5. The van der Waals surface area contributed by atoms with E-state index in [4.69, 9.17) is 25.5 Å². The number of ether oxygens (including phenoxy) is 2. The van der Waals surface area contributed by atoms with E-state index in [1.807, 2.05) is 30.3 Å². The van der Waals surface area contributed by atoms with Gasteiger partial charge in [-0.25, -0.2) is 9.38 Å². The van der Waals surface area contributed by atoms with Crippen LogP contribution in [0, 0.1) is 5.82 Å². The third-order valence-corrected chi connectivity index (χ3v) is 7.08. The fraction of sp³-hybridized carbons (Fsp3) is 0.100. The minimum Gasteiger partial charge on any atom is -0.493 e. The number of furan rings is 1. The van der Waals surface area contributed by atoms with Crippen molar-refractivity contribution in [1.29, 1.82) is 0 Å². The molecule has 1 fully saturated rings. The molecule has 0 atom stereocenters. The van der Waals surface area contributed by atoms with E-state index in [9.17, 15) is 14.0 Å². The van der Waals surface area contributed by atoms with Crippen molar-refractivity contribution >= 4 is 57.8 Å². The van der Waals surface area contributed by atoms with Gasteiger partial charge < -0.3 is 19.2 Å². The van der Waals surface area contributed by atoms with Crippen molar-refractivity contribution in [2.45, 2.75) is 6.54 Å². The number of nitrogens with one attached hydrogen (secondary N) is 1. The van der Waals surface area contributed by atoms with Gasteiger partial charge in [-0.1, -0.05) is 29.8 Å². The molecule has 208 valence electrons. The van der Waals surface area contributed by atoms with E-state index in [1.54, 1.807) is 41.5 Å². The van der Waals surface area contributed by atoms with Crippen LogP contribution in [0.3, 0.4) is 0 Å². The smallest absolute Gasteiger partial charge is 0.267 e. The number of amidine groups is 1. The number of thioether (sulfide) groups is 1. The van der Waals surface area contributed by atoms with Crippen molar-refractivity contribution in [2.24, 2.45) is 4.99 Å². The molecule has 1 aliphatic rings. The zero-order valence-corrected chi connectivity index (χ0v) is 23.2. The summed E-state index contributed by atoms with van der Waals surface area (Å²) < 4.78 is 29.7. The maximum atomic E-state index is 13.4. The molecule has 0 radical (unpaired) electrons. The number of carbonyl (C=O) groups is 2. The number of para-hydroxylation sites is 1. The van der Waals surface area contributed by atoms with Gasteiger partial charge in [0.05, 0.1) is 35.5 Å². The van der Waals surface area contributed by atoms with Crippen LogP contribution in [0.1, 0.15) is 11.3 Å². The van der Waals surface area contributed by atoms with Gasteiger partial charge in [-0.05, 0) is 84.1 Å². The van der Waals surface area contributed by atoms with Gasteiger partial charge in [0, 0.05) is 5.69 Å². The van der Waals surface area contributed by atoms with E-state index in [-0.39, 0.29) is 35.6 Å². The van der Waals surface area contributed by atoms with Crippen molar-refractivity contribution in [3.05, 3.63) is 112 Å². The monoisotopic (exact) mass is 591 g/mol. The topological polar surface area (TPSA) is 93.4 Å². The Bertz CT molecular complexity index is 1610. The van der Waals surface area contributed by atoms with E-state index >= 15 is 0 Å². The molecular weight excluding hydrogens is 569 g/mol. The second kappa shape index (κ2) is 12.8. The van der Waals surface area contributed by atoms with Crippen LogP contribution in [0.15, 0.2) is 99.4 Å². The number of amides is 2. The van der Waals surface area contributed by atoms with Gasteiger partial charge in [-0.15, -0.1) is 0 Å². The van der Waals surface area contributed by atoms with Crippen molar-refractivity contribution in [2.75, 3.05) is 19.0 Å². The maximum Gasteiger partial charge on any atom is 0.267 e. The molecule has 5 rings (SSSR count). The summed E-state index contributed by atoms with van der Waals surface area (Å²) >= 11 is 7.74. The number of hydrogen-bond acceptors (Lipinski definition) is 7. The molecule has 0 bridgehead atoms. The van der Waals surface area contributed by atoms with Gasteiger partial charge in [0.2, 0.25) is 0 Å². The van der Waals surface area contributed by atoms with Crippen molar-refractivity contribution < 1.29 is 27.9 Å². The van der Waals surface area contributed by atoms with Gasteiger partial charge in [0.25, 0.3) is 11.8 Å². The van der Waals surface area contributed by atoms with E-state index in [2.05, 4.69) is 10.3 Å². The fourth-order valence-corrected chi connectivity index (χ4v) is 5.16. The lowest BCUT2D eigenvalue weighted by Crippen LogP contribution is -2.28. The minimum atomic E-state index is -0.462. The molecular formula is C30H23ClFN3O5S. The third-order valence-electron chi connectivity index (χ3n) is 5.79. The lowest BCUT2D eigenvalue weighted by atomic mass is 10.1. The van der Waals surface area contributed by atoms with Gasteiger partial charge in [-0.2, -0.15) is 0 Å². The maximum absolute atomic E-state index is 13.4. The Morgan fingerprint density at radius 2 is 1.90 bits per heavy atom. The molecule has 1 aliphatic heterocycles. The first kappa shape index (κ1) is 28.0. The number of aliphatic imine (C=N–C) groups is 1. The molecule has 0 spiro atoms. The molecule has 2 heterocycles. The van der Waals surface area contributed by atoms with Crippen LogP contribution in [0.4, 0.5) is 15.8 Å². The Morgan fingerprint density at radius 1 is 1.12 bits per heavy atom. The zero-order valence-electron chi connectivity index (χ0n) is 21.7. The van der Waals surface area contributed by atoms with Crippen LogP contribution >= 0.6 is 23.4 Å². The highest BCUT2D eigenvalue weighted by Gasteiger charge is 2.34. The summed E-state index contributed by atoms with van der Waals surface area (Å²) in [6.07, 6.45) is 3.24. The van der Waals surface area contributed by atoms with Gasteiger partial charge in [-0.3, -0.25) is 14.5 Å². The van der Waals surface area contributed by atoms with Crippen molar-refractivity contribution in [3.8, 4) is 11.5 Å². The molecule has 1 N–H and O–H groups in total. The van der Waals surface area contributed by atoms with Gasteiger partial charge in [0.15, 0.2) is 23.3 Å². The highest BCUT2D eigenvalue weighted by Crippen LogP contribution is 2.40. The summed E-state index contributed by atoms with van der Waals surface area (Å²) in [7, 11) is 1.44. The molecule has 1 aromatic heterocycles. The predicted octanol–water partition coefficient (Wildman–Crippen LogP) is 6.90. The van der Waals surface area contributed by atoms with Crippen LogP contribution in [0.5, 0.6) is 11.5 Å². The molecule has 1 saturated heterocycles. The van der Waals surface area contributed by atoms with Crippen LogP contribution in [-0.4, -0.2) is 35.6 Å². The first-order valence-electron chi connectivity index (χ1n) is 12.3. The lowest BCUT2D eigenvalue weighted by Gasteiger charge is -2.14. The first-order valence-corrected chi connectivity index (χ1v) is 13.5. The SMILES string of the molecule is COc1cc(/C=C2\SC(=Nc3ccccc3)N(Cc3ccco3)C2=O)cc(Cl)c1OCC(=O)Nc1ccc(F)cc1. The van der Waals surface area contributed by atoms with Crippen LogP contribution < -0.4 is 14.8 Å². The standard InChI is InChI=1S/C30H23ClFN3O5S/c1-38-25-15-19(14-24(31)28(25)40-18-27(36)33-22-11-9-20(32)10-12-22)16-26-29(37)35(17-23-8-5-13-39-23)30(41-26)34-21-6-3-2-4-7-21/h2-16H,17-18H2,1H3,(H,33,36)/b26-16-,34-30?. The molecule has 3 aromatic carbocycles. The van der Waals surface area contributed by atoms with Crippen molar-refractivity contribution in [3.63, 3.8) is 0 Å². The Kier molecular flexibility index (Phi) is 8.71. The third kappa shape index (κ3) is 6.97. The molecule has 0 saturated carbocycles. The molecule has 0 aliphatic carbocycles. The first-order chi connectivity index (χ1) is 19.9. The molecule has 11 heteroatoms. The predicted molar refractivity (Wildman–Crippen MR) is 157 cm³/mol. The number of halogens is 2. The number of nitrogens with zero attached hydrogens (tertiary/aromatic N) is 2. The molecule has 8 nitrogen and oxygen atoms in total. The van der Waals surface area contributed by atoms with Crippen LogP contribution in [0.2, 0.25) is 5.02 Å². The van der Waals surface area contributed by atoms with Crippen LogP contribution in [-0.2, 0) is 16.1 Å². The Balaban J connectivity index is 1.35. The Hall–Kier alpha value is -4.54. The normalized spacial score (nSPS) is 15.0. The summed E-state index contributed by atoms with van der Waals surface area (Å²) in [5, 5.41) is 3.31. The summed E-state index contributed by atoms with van der Waals surface area (Å²) in [4.78, 5) is 32.4. The minimum absolute atomic E-state index is 0.168. The van der Waals surface area contributed by atoms with E-state index in [1.165, 1.54) is 43.1 Å². The summed E-state index contributed by atoms with van der Waals surface area (Å²) in [6.45, 7) is -0.137. The Morgan fingerprint density at radius 3 is 2.61 bits per heavy atom. The molecule has 0 unspecified atom stereocenters. The number of methoxy groups -OCH3 is 1. The number of rotatable bonds is 9. The number of benzene rings is 3.